The summed E-state index contributed by atoms with van der Waals surface area (Å²) in [5.41, 5.74) is 2.36. The van der Waals surface area contributed by atoms with Crippen LogP contribution in [0.4, 0.5) is 0 Å². The summed E-state index contributed by atoms with van der Waals surface area (Å²) in [6.45, 7) is 1.29. The van der Waals surface area contributed by atoms with Gasteiger partial charge in [-0.1, -0.05) is 58.7 Å². The van der Waals surface area contributed by atoms with Crippen LogP contribution in [0.1, 0.15) is 11.1 Å². The Hall–Kier alpha value is -1.55. The van der Waals surface area contributed by atoms with Crippen LogP contribution in [0.2, 0.25) is 10.0 Å². The Labute approximate surface area is 141 Å². The Morgan fingerprint density at radius 2 is 1.86 bits per heavy atom. The maximum absolute atomic E-state index is 6.29. The van der Waals surface area contributed by atoms with Crippen molar-refractivity contribution >= 4 is 28.9 Å². The molecule has 0 amide bonds. The molecular weight excluding hydrogens is 319 g/mol. The number of halogens is 2. The Bertz CT molecular complexity index is 657. The molecule has 0 atom stereocenters. The van der Waals surface area contributed by atoms with Crippen LogP contribution in [0, 0.1) is 0 Å². The largest absolute Gasteiger partial charge is 0.394 e. The molecule has 3 nitrogen and oxygen atoms in total. The second kappa shape index (κ2) is 8.18. The van der Waals surface area contributed by atoms with E-state index >= 15 is 0 Å². The van der Waals surface area contributed by atoms with Gasteiger partial charge in [0, 0.05) is 22.7 Å². The maximum atomic E-state index is 6.29. The Balaban J connectivity index is 2.33. The van der Waals surface area contributed by atoms with E-state index in [-0.39, 0.29) is 0 Å². The first-order valence-electron chi connectivity index (χ1n) is 6.93. The second-order valence-electron chi connectivity index (χ2n) is 5.07. The van der Waals surface area contributed by atoms with Crippen molar-refractivity contribution in [2.24, 2.45) is 5.16 Å². The van der Waals surface area contributed by atoms with Gasteiger partial charge in [-0.3, -0.25) is 0 Å². The van der Waals surface area contributed by atoms with Crippen molar-refractivity contribution in [3.8, 4) is 0 Å². The van der Waals surface area contributed by atoms with Crippen molar-refractivity contribution in [3.05, 3.63) is 69.7 Å². The van der Waals surface area contributed by atoms with Gasteiger partial charge in [-0.05, 0) is 32.3 Å². The number of oxime groups is 1. The molecule has 0 aromatic heterocycles. The summed E-state index contributed by atoms with van der Waals surface area (Å²) in [6, 6.07) is 15.0. The first-order chi connectivity index (χ1) is 10.6. The van der Waals surface area contributed by atoms with E-state index in [4.69, 9.17) is 28.0 Å². The lowest BCUT2D eigenvalue weighted by Gasteiger charge is -2.11. The highest BCUT2D eigenvalue weighted by atomic mass is 35.5. The van der Waals surface area contributed by atoms with E-state index in [1.807, 2.05) is 67.5 Å². The van der Waals surface area contributed by atoms with Crippen LogP contribution in [-0.2, 0) is 4.84 Å². The first-order valence-corrected chi connectivity index (χ1v) is 7.69. The van der Waals surface area contributed by atoms with E-state index in [0.29, 0.717) is 22.4 Å². The zero-order valence-corrected chi connectivity index (χ0v) is 14.1. The third kappa shape index (κ3) is 4.73. The van der Waals surface area contributed by atoms with Gasteiger partial charge in [0.15, 0.2) is 0 Å². The summed E-state index contributed by atoms with van der Waals surface area (Å²) in [4.78, 5) is 7.49. The van der Waals surface area contributed by atoms with Crippen LogP contribution >= 0.6 is 23.2 Å². The van der Waals surface area contributed by atoms with Gasteiger partial charge in [0.25, 0.3) is 0 Å². The van der Waals surface area contributed by atoms with E-state index in [0.717, 1.165) is 17.7 Å². The zero-order chi connectivity index (χ0) is 15.9. The number of likely N-dealkylation sites (N-methyl/N-ethyl adjacent to an activating group) is 1. The topological polar surface area (TPSA) is 24.8 Å². The fourth-order valence-electron chi connectivity index (χ4n) is 1.88. The number of benzene rings is 2. The Kier molecular flexibility index (Phi) is 6.25. The van der Waals surface area contributed by atoms with E-state index in [2.05, 4.69) is 5.16 Å². The molecule has 5 heteroatoms. The summed E-state index contributed by atoms with van der Waals surface area (Å²) in [7, 11) is 3.97. The molecule has 2 aromatic rings. The molecule has 0 saturated heterocycles. The molecule has 116 valence electrons. The summed E-state index contributed by atoms with van der Waals surface area (Å²) >= 11 is 12.4. The molecule has 0 bridgehead atoms. The normalized spacial score (nSPS) is 11.8. The van der Waals surface area contributed by atoms with Gasteiger partial charge in [-0.2, -0.15) is 0 Å². The standard InChI is InChI=1S/C17H18Cl2N2O/c1-21(2)10-11-22-20-17(13-6-5-7-14(18)12-13)15-8-3-4-9-16(15)19/h3-9,12H,10-11H2,1-2H3. The van der Waals surface area contributed by atoms with Crippen LogP contribution < -0.4 is 0 Å². The maximum Gasteiger partial charge on any atom is 0.129 e. The Morgan fingerprint density at radius 1 is 1.09 bits per heavy atom. The molecule has 0 unspecified atom stereocenters. The molecule has 0 aliphatic rings. The lowest BCUT2D eigenvalue weighted by molar-refractivity contribution is 0.126. The minimum absolute atomic E-state index is 0.502. The van der Waals surface area contributed by atoms with Crippen LogP contribution in [0.25, 0.3) is 0 Å². The second-order valence-corrected chi connectivity index (χ2v) is 5.91. The minimum Gasteiger partial charge on any atom is -0.394 e. The minimum atomic E-state index is 0.502. The molecule has 0 aliphatic heterocycles. The lowest BCUT2D eigenvalue weighted by Crippen LogP contribution is -2.17. The summed E-state index contributed by atoms with van der Waals surface area (Å²) in [6.07, 6.45) is 0. The number of hydrogen-bond donors (Lipinski definition) is 0. The van der Waals surface area contributed by atoms with Gasteiger partial charge in [0.1, 0.15) is 12.3 Å². The number of nitrogens with zero attached hydrogens (tertiary/aromatic N) is 2. The molecule has 0 N–H and O–H groups in total. The molecule has 0 fully saturated rings. The third-order valence-electron chi connectivity index (χ3n) is 3.01. The molecule has 22 heavy (non-hydrogen) atoms. The average Bonchev–Trinajstić information content (AvgIpc) is 2.48. The van der Waals surface area contributed by atoms with Crippen molar-refractivity contribution < 1.29 is 4.84 Å². The van der Waals surface area contributed by atoms with Gasteiger partial charge in [-0.25, -0.2) is 0 Å². The Morgan fingerprint density at radius 3 is 2.55 bits per heavy atom. The van der Waals surface area contributed by atoms with Crippen molar-refractivity contribution in [1.82, 2.24) is 4.90 Å². The highest BCUT2D eigenvalue weighted by Gasteiger charge is 2.12. The highest BCUT2D eigenvalue weighted by Crippen LogP contribution is 2.22. The summed E-state index contributed by atoms with van der Waals surface area (Å²) in [5, 5.41) is 5.55. The van der Waals surface area contributed by atoms with Crippen LogP contribution in [0.5, 0.6) is 0 Å². The fraction of sp³-hybridized carbons (Fsp3) is 0.235. The third-order valence-corrected chi connectivity index (χ3v) is 3.58. The molecule has 0 heterocycles. The predicted molar refractivity (Wildman–Crippen MR) is 93.0 cm³/mol. The molecular formula is C17H18Cl2N2O. The molecule has 0 spiro atoms. The van der Waals surface area contributed by atoms with Crippen LogP contribution in [-0.4, -0.2) is 37.9 Å². The zero-order valence-electron chi connectivity index (χ0n) is 12.6. The number of hydrogen-bond acceptors (Lipinski definition) is 3. The monoisotopic (exact) mass is 336 g/mol. The fourth-order valence-corrected chi connectivity index (χ4v) is 2.30. The first kappa shape index (κ1) is 16.8. The SMILES string of the molecule is CN(C)CCON=C(c1cccc(Cl)c1)c1ccccc1Cl. The quantitative estimate of drug-likeness (QED) is 0.445. The van der Waals surface area contributed by atoms with Crippen LogP contribution in [0.3, 0.4) is 0 Å². The lowest BCUT2D eigenvalue weighted by atomic mass is 10.0. The van der Waals surface area contributed by atoms with Crippen molar-refractivity contribution in [1.29, 1.82) is 0 Å². The van der Waals surface area contributed by atoms with E-state index < -0.39 is 0 Å². The summed E-state index contributed by atoms with van der Waals surface area (Å²) < 4.78 is 0. The number of rotatable bonds is 6. The van der Waals surface area contributed by atoms with E-state index in [9.17, 15) is 0 Å². The highest BCUT2D eigenvalue weighted by molar-refractivity contribution is 6.36. The van der Waals surface area contributed by atoms with Gasteiger partial charge < -0.3 is 9.74 Å². The van der Waals surface area contributed by atoms with Crippen molar-refractivity contribution in [3.63, 3.8) is 0 Å². The molecule has 2 rings (SSSR count). The van der Waals surface area contributed by atoms with E-state index in [1.54, 1.807) is 0 Å². The summed E-state index contributed by atoms with van der Waals surface area (Å²) in [5.74, 6) is 0. The van der Waals surface area contributed by atoms with Crippen molar-refractivity contribution in [2.75, 3.05) is 27.2 Å². The van der Waals surface area contributed by atoms with E-state index in [1.165, 1.54) is 0 Å². The predicted octanol–water partition coefficient (Wildman–Crippen LogP) is 4.32. The molecule has 2 aromatic carbocycles. The van der Waals surface area contributed by atoms with Crippen LogP contribution in [0.15, 0.2) is 53.7 Å². The smallest absolute Gasteiger partial charge is 0.129 e. The molecule has 0 aliphatic carbocycles. The average molecular weight is 337 g/mol. The molecule has 0 saturated carbocycles. The van der Waals surface area contributed by atoms with Crippen molar-refractivity contribution in [2.45, 2.75) is 0 Å². The van der Waals surface area contributed by atoms with Gasteiger partial charge in [-0.15, -0.1) is 0 Å². The van der Waals surface area contributed by atoms with Gasteiger partial charge >= 0.3 is 0 Å². The molecule has 0 radical (unpaired) electrons. The van der Waals surface area contributed by atoms with Gasteiger partial charge in [0.2, 0.25) is 0 Å². The van der Waals surface area contributed by atoms with Gasteiger partial charge in [0.05, 0.1) is 5.02 Å².